The zero-order chi connectivity index (χ0) is 47.7. The van der Waals surface area contributed by atoms with Crippen LogP contribution in [0, 0.1) is 5.41 Å². The van der Waals surface area contributed by atoms with Crippen LogP contribution in [0.15, 0.2) is 94.2 Å². The van der Waals surface area contributed by atoms with Gasteiger partial charge in [-0.2, -0.15) is 0 Å². The second kappa shape index (κ2) is 27.6. The molecule has 0 aliphatic rings. The predicted octanol–water partition coefficient (Wildman–Crippen LogP) is 2.18. The molecule has 20 heteroatoms. The van der Waals surface area contributed by atoms with Gasteiger partial charge in [-0.1, -0.05) is 98.7 Å². The molecular weight excluding hydrogens is 861 g/mol. The normalized spacial score (nSPS) is 12.6. The Morgan fingerprint density at radius 1 is 0.712 bits per heavy atom. The third-order valence-corrected chi connectivity index (χ3v) is 9.49. The fourth-order valence-electron chi connectivity index (χ4n) is 6.12. The summed E-state index contributed by atoms with van der Waals surface area (Å²) in [5.74, 6) is -4.84. The van der Waals surface area contributed by atoms with Gasteiger partial charge in [0.1, 0.15) is 18.7 Å². The van der Waals surface area contributed by atoms with Crippen LogP contribution in [0.5, 0.6) is 0 Å². The van der Waals surface area contributed by atoms with E-state index in [4.69, 9.17) is 23.7 Å². The minimum Gasteiger partial charge on any atom is -0.479 e. The first kappa shape index (κ1) is 51.9. The van der Waals surface area contributed by atoms with Crippen molar-refractivity contribution in [3.63, 3.8) is 0 Å². The number of hydrogen-bond acceptors (Lipinski definition) is 14. The maximum Gasteiger partial charge on any atom is 0.439 e. The second-order valence-electron chi connectivity index (χ2n) is 15.8. The average Bonchev–Trinajstić information content (AvgIpc) is 3.74. The molecule has 0 radical (unpaired) electrons. The van der Waals surface area contributed by atoms with E-state index in [1.54, 1.807) is 81.4 Å². The lowest BCUT2D eigenvalue weighted by Crippen LogP contribution is -2.55. The van der Waals surface area contributed by atoms with Crippen molar-refractivity contribution in [1.82, 2.24) is 31.4 Å². The average molecular weight is 919 g/mol. The van der Waals surface area contributed by atoms with Crippen LogP contribution in [0.1, 0.15) is 55.1 Å². The molecule has 1 heterocycles. The maximum absolute atomic E-state index is 13.9. The van der Waals surface area contributed by atoms with Crippen molar-refractivity contribution >= 4 is 35.6 Å². The molecule has 0 aliphatic heterocycles. The summed E-state index contributed by atoms with van der Waals surface area (Å²) in [4.78, 5) is 91.5. The highest BCUT2D eigenvalue weighted by atomic mass is 16.6. The van der Waals surface area contributed by atoms with E-state index in [1.807, 2.05) is 12.1 Å². The standard InChI is InChI=1S/C46H58N6O14/c1-46(2,3)39(44(58)59)64-27-26-63-25-24-62-23-22-61-21-20-48-42(56)35(28-31-10-6-4-7-11-31)50-43(57)36(29-38(54)65-30-32-12-8-5-9-13-32)49-37(53)18-19-47-41(55)34-16-14-33(15-17-34)40-51-45(60)66-52-40/h4-17,35-36,39H,18-30H2,1-3H3,(H,47,55)(H,48,56)(H,49,53)(H,50,57)(H,58,59)(H,51,52,60)/t35-,36-,39?/m0/s1. The first-order chi connectivity index (χ1) is 31.7. The molecule has 0 spiro atoms. The van der Waals surface area contributed by atoms with E-state index < -0.39 is 71.3 Å². The SMILES string of the molecule is CC(C)(C)C(OCCOCCOCCOCCNC(=O)[C@H](Cc1ccccc1)NC(=O)[C@H](CC(=O)OCc1ccccc1)NC(=O)CCNC(=O)c1ccc(-c2noc(=O)[nH]2)cc1)C(=O)O. The topological polar surface area (TPSA) is 276 Å². The van der Waals surface area contributed by atoms with Gasteiger partial charge >= 0.3 is 17.7 Å². The van der Waals surface area contributed by atoms with Crippen LogP contribution in [0.3, 0.4) is 0 Å². The fourth-order valence-corrected chi connectivity index (χ4v) is 6.12. The molecule has 0 aliphatic carbocycles. The number of amides is 4. The Bertz CT molecular complexity index is 2190. The predicted molar refractivity (Wildman–Crippen MR) is 237 cm³/mol. The molecule has 4 rings (SSSR count). The quantitative estimate of drug-likeness (QED) is 0.0337. The van der Waals surface area contributed by atoms with Crippen molar-refractivity contribution in [3.8, 4) is 11.4 Å². The number of aliphatic carboxylic acids is 1. The van der Waals surface area contributed by atoms with E-state index in [9.17, 15) is 38.7 Å². The maximum atomic E-state index is 13.9. The highest BCUT2D eigenvalue weighted by molar-refractivity contribution is 5.96. The summed E-state index contributed by atoms with van der Waals surface area (Å²) in [5.41, 5.74) is 1.66. The monoisotopic (exact) mass is 918 g/mol. The number of hydrogen-bond donors (Lipinski definition) is 6. The van der Waals surface area contributed by atoms with Crippen LogP contribution >= 0.6 is 0 Å². The largest absolute Gasteiger partial charge is 0.479 e. The van der Waals surface area contributed by atoms with Crippen molar-refractivity contribution in [1.29, 1.82) is 0 Å². The fraction of sp³-hybridized carbons (Fsp3) is 0.435. The Hall–Kier alpha value is -6.74. The van der Waals surface area contributed by atoms with Gasteiger partial charge in [0.25, 0.3) is 5.91 Å². The number of aromatic nitrogens is 2. The molecule has 4 amide bonds. The highest BCUT2D eigenvalue weighted by Gasteiger charge is 2.32. The number of nitrogens with zero attached hydrogens (tertiary/aromatic N) is 1. The second-order valence-corrected chi connectivity index (χ2v) is 15.8. The van der Waals surface area contributed by atoms with Crippen molar-refractivity contribution in [2.45, 2.75) is 64.8 Å². The van der Waals surface area contributed by atoms with Crippen LogP contribution < -0.4 is 27.0 Å². The molecule has 3 aromatic carbocycles. The number of esters is 1. The van der Waals surface area contributed by atoms with Gasteiger partial charge in [-0.05, 0) is 28.7 Å². The van der Waals surface area contributed by atoms with Gasteiger partial charge in [0.05, 0.1) is 52.7 Å². The number of carbonyl (C=O) groups is 6. The summed E-state index contributed by atoms with van der Waals surface area (Å²) >= 11 is 0. The van der Waals surface area contributed by atoms with Crippen LogP contribution in [0.2, 0.25) is 0 Å². The van der Waals surface area contributed by atoms with E-state index >= 15 is 0 Å². The third kappa shape index (κ3) is 19.2. The van der Waals surface area contributed by atoms with Gasteiger partial charge in [0, 0.05) is 37.1 Å². The highest BCUT2D eigenvalue weighted by Crippen LogP contribution is 2.22. The van der Waals surface area contributed by atoms with E-state index in [-0.39, 0.29) is 90.2 Å². The minimum absolute atomic E-state index is 0.0705. The summed E-state index contributed by atoms with van der Waals surface area (Å²) in [5, 5.41) is 23.6. The summed E-state index contributed by atoms with van der Waals surface area (Å²) in [6, 6.07) is 21.4. The molecule has 356 valence electrons. The third-order valence-electron chi connectivity index (χ3n) is 9.49. The number of rotatable bonds is 29. The van der Waals surface area contributed by atoms with Crippen molar-refractivity contribution in [2.24, 2.45) is 5.41 Å². The molecular formula is C46H58N6O14. The number of benzene rings is 3. The number of H-pyrrole nitrogens is 1. The van der Waals surface area contributed by atoms with E-state index in [2.05, 4.69) is 35.9 Å². The number of carboxylic acids is 1. The molecule has 20 nitrogen and oxygen atoms in total. The lowest BCUT2D eigenvalue weighted by molar-refractivity contribution is -0.159. The van der Waals surface area contributed by atoms with E-state index in [0.717, 1.165) is 5.56 Å². The van der Waals surface area contributed by atoms with E-state index in [1.165, 1.54) is 12.1 Å². The van der Waals surface area contributed by atoms with Crippen LogP contribution in [0.25, 0.3) is 11.4 Å². The van der Waals surface area contributed by atoms with Gasteiger partial charge in [-0.25, -0.2) is 9.59 Å². The number of carboxylic acid groups (broad SMARTS) is 1. The van der Waals surface area contributed by atoms with Gasteiger partial charge in [0.15, 0.2) is 11.9 Å². The molecule has 6 N–H and O–H groups in total. The molecule has 66 heavy (non-hydrogen) atoms. The smallest absolute Gasteiger partial charge is 0.439 e. The van der Waals surface area contributed by atoms with Crippen LogP contribution in [-0.2, 0) is 60.7 Å². The molecule has 1 aromatic heterocycles. The van der Waals surface area contributed by atoms with Crippen LogP contribution in [-0.4, -0.2) is 128 Å². The Labute approximate surface area is 381 Å². The van der Waals surface area contributed by atoms with Crippen LogP contribution in [0.4, 0.5) is 0 Å². The van der Waals surface area contributed by atoms with Gasteiger partial charge in [-0.3, -0.25) is 33.5 Å². The van der Waals surface area contributed by atoms with Gasteiger partial charge < -0.3 is 50.1 Å². The Kier molecular flexibility index (Phi) is 21.7. The Balaban J connectivity index is 1.26. The molecule has 0 fully saturated rings. The molecule has 1 unspecified atom stereocenters. The lowest BCUT2D eigenvalue weighted by Gasteiger charge is -2.26. The molecule has 4 aromatic rings. The van der Waals surface area contributed by atoms with Crippen molar-refractivity contribution in [2.75, 3.05) is 59.3 Å². The van der Waals surface area contributed by atoms with E-state index in [0.29, 0.717) is 11.1 Å². The van der Waals surface area contributed by atoms with Gasteiger partial charge in [-0.15, -0.1) is 0 Å². The van der Waals surface area contributed by atoms with Gasteiger partial charge in [0.2, 0.25) is 17.7 Å². The molecule has 0 bridgehead atoms. The Morgan fingerprint density at radius 3 is 1.91 bits per heavy atom. The molecule has 3 atom stereocenters. The summed E-state index contributed by atoms with van der Waals surface area (Å²) in [6.07, 6.45) is -1.68. The first-order valence-electron chi connectivity index (χ1n) is 21.3. The van der Waals surface area contributed by atoms with Crippen molar-refractivity contribution < 1.29 is 62.1 Å². The Morgan fingerprint density at radius 2 is 1.32 bits per heavy atom. The van der Waals surface area contributed by atoms with Crippen molar-refractivity contribution in [3.05, 3.63) is 112 Å². The molecule has 0 saturated carbocycles. The lowest BCUT2D eigenvalue weighted by atomic mass is 9.89. The zero-order valence-electron chi connectivity index (χ0n) is 37.2. The summed E-state index contributed by atoms with van der Waals surface area (Å²) < 4.78 is 31.9. The number of ether oxygens (including phenoxy) is 5. The minimum atomic E-state index is -1.45. The number of carbonyl (C=O) groups excluding carboxylic acids is 5. The number of nitrogens with one attached hydrogen (secondary N) is 5. The summed E-state index contributed by atoms with van der Waals surface area (Å²) in [6.45, 7) is 6.75. The summed E-state index contributed by atoms with van der Waals surface area (Å²) in [7, 11) is 0. The number of aromatic amines is 1. The first-order valence-corrected chi connectivity index (χ1v) is 21.3. The molecule has 0 saturated heterocycles. The zero-order valence-corrected chi connectivity index (χ0v) is 37.2.